The number of fused-ring (bicyclic) bond motifs is 3. The van der Waals surface area contributed by atoms with Crippen LogP contribution in [0.3, 0.4) is 0 Å². The van der Waals surface area contributed by atoms with E-state index in [1.807, 2.05) is 18.5 Å². The molecule has 3 aromatic rings. The zero-order valence-corrected chi connectivity index (χ0v) is 11.7. The van der Waals surface area contributed by atoms with E-state index in [-0.39, 0.29) is 0 Å². The highest BCUT2D eigenvalue weighted by atomic mass is 15.0. The highest BCUT2D eigenvalue weighted by Gasteiger charge is 2.10. The van der Waals surface area contributed by atoms with Crippen molar-refractivity contribution in [3.63, 3.8) is 0 Å². The Morgan fingerprint density at radius 3 is 2.86 bits per heavy atom. The topological polar surface area (TPSA) is 17.3 Å². The van der Waals surface area contributed by atoms with Gasteiger partial charge in [0.1, 0.15) is 5.65 Å². The molecule has 2 heteroatoms. The fourth-order valence-corrected chi connectivity index (χ4v) is 2.97. The van der Waals surface area contributed by atoms with Crippen LogP contribution < -0.4 is 10.4 Å². The Morgan fingerprint density at radius 2 is 2.10 bits per heavy atom. The smallest absolute Gasteiger partial charge is 0.144 e. The molecule has 1 unspecified atom stereocenters. The molecule has 21 heavy (non-hydrogen) atoms. The average Bonchev–Trinajstić information content (AvgIpc) is 2.94. The van der Waals surface area contributed by atoms with E-state index in [0.29, 0.717) is 5.92 Å². The number of imidazole rings is 1. The third-order valence-corrected chi connectivity index (χ3v) is 4.08. The lowest BCUT2D eigenvalue weighted by atomic mass is 9.93. The summed E-state index contributed by atoms with van der Waals surface area (Å²) in [5.74, 6) is 0.517. The zero-order chi connectivity index (χ0) is 14.2. The van der Waals surface area contributed by atoms with Gasteiger partial charge in [0.05, 0.1) is 5.52 Å². The van der Waals surface area contributed by atoms with Gasteiger partial charge in [-0.1, -0.05) is 55.2 Å². The van der Waals surface area contributed by atoms with Crippen LogP contribution in [0.25, 0.3) is 28.7 Å². The predicted molar refractivity (Wildman–Crippen MR) is 88.3 cm³/mol. The van der Waals surface area contributed by atoms with Gasteiger partial charge in [0.2, 0.25) is 0 Å². The fraction of sp³-hybridized carbons (Fsp3) is 0.105. The number of pyridine rings is 1. The fourth-order valence-electron chi connectivity index (χ4n) is 2.97. The van der Waals surface area contributed by atoms with Crippen molar-refractivity contribution in [2.24, 2.45) is 5.92 Å². The highest BCUT2D eigenvalue weighted by Crippen LogP contribution is 2.18. The molecular weight excluding hydrogens is 256 g/mol. The van der Waals surface area contributed by atoms with Crippen LogP contribution in [0.4, 0.5) is 0 Å². The Labute approximate surface area is 123 Å². The van der Waals surface area contributed by atoms with Crippen LogP contribution in [0, 0.1) is 5.92 Å². The molecule has 4 rings (SSSR count). The molecule has 0 N–H and O–H groups in total. The van der Waals surface area contributed by atoms with Crippen molar-refractivity contribution < 1.29 is 0 Å². The second-order valence-electron chi connectivity index (χ2n) is 5.36. The van der Waals surface area contributed by atoms with Gasteiger partial charge in [-0.25, -0.2) is 4.98 Å². The van der Waals surface area contributed by atoms with E-state index in [2.05, 4.69) is 64.5 Å². The van der Waals surface area contributed by atoms with Gasteiger partial charge in [0.25, 0.3) is 0 Å². The minimum Gasteiger partial charge on any atom is -0.299 e. The molecule has 2 nitrogen and oxygen atoms in total. The molecule has 1 atom stereocenters. The normalized spacial score (nSPS) is 19.3. The first kappa shape index (κ1) is 12.2. The van der Waals surface area contributed by atoms with Gasteiger partial charge in [0.15, 0.2) is 0 Å². The standard InChI is InChI=1S/C19H16N2/c1-2-6-15-16-9-3-4-10-18(16)21-12-11-20-19(21)17(15)13-14-7-5-8-14/h2-7,9-14H,1,8H2/b15-6-,17-13-. The molecule has 0 aliphatic heterocycles. The molecule has 1 aromatic carbocycles. The number of allylic oxidation sites excluding steroid dienone is 3. The number of para-hydroxylation sites is 1. The summed E-state index contributed by atoms with van der Waals surface area (Å²) in [6.45, 7) is 3.87. The van der Waals surface area contributed by atoms with Crippen molar-refractivity contribution >= 4 is 28.7 Å². The minimum absolute atomic E-state index is 0.517. The molecule has 0 radical (unpaired) electrons. The number of benzene rings is 1. The third-order valence-electron chi connectivity index (χ3n) is 4.08. The Morgan fingerprint density at radius 1 is 1.24 bits per heavy atom. The lowest BCUT2D eigenvalue weighted by molar-refractivity contribution is 0.799. The van der Waals surface area contributed by atoms with E-state index >= 15 is 0 Å². The SMILES string of the molecule is C=C/C=c1\c(=C\C2C=CC2)c2nccn2c2ccccc12. The molecule has 0 amide bonds. The van der Waals surface area contributed by atoms with Crippen LogP contribution in [0.5, 0.6) is 0 Å². The average molecular weight is 272 g/mol. The minimum atomic E-state index is 0.517. The quantitative estimate of drug-likeness (QED) is 0.656. The Kier molecular flexibility index (Phi) is 2.74. The molecule has 1 aliphatic rings. The largest absolute Gasteiger partial charge is 0.299 e. The number of hydrogen-bond donors (Lipinski definition) is 0. The van der Waals surface area contributed by atoms with E-state index in [4.69, 9.17) is 0 Å². The molecule has 1 aliphatic carbocycles. The first-order chi connectivity index (χ1) is 10.4. The molecular formula is C19H16N2. The van der Waals surface area contributed by atoms with Gasteiger partial charge >= 0.3 is 0 Å². The lowest BCUT2D eigenvalue weighted by Gasteiger charge is -2.13. The van der Waals surface area contributed by atoms with Gasteiger partial charge < -0.3 is 0 Å². The molecule has 102 valence electrons. The number of nitrogens with zero attached hydrogens (tertiary/aromatic N) is 2. The number of aromatic nitrogens is 2. The van der Waals surface area contributed by atoms with Crippen LogP contribution in [0.15, 0.2) is 61.5 Å². The summed E-state index contributed by atoms with van der Waals surface area (Å²) in [5.41, 5.74) is 2.20. The summed E-state index contributed by atoms with van der Waals surface area (Å²) >= 11 is 0. The summed E-state index contributed by atoms with van der Waals surface area (Å²) < 4.78 is 2.17. The van der Waals surface area contributed by atoms with Crippen molar-refractivity contribution in [1.82, 2.24) is 9.38 Å². The van der Waals surface area contributed by atoms with Gasteiger partial charge in [-0.3, -0.25) is 4.40 Å². The Balaban J connectivity index is 2.28. The zero-order valence-electron chi connectivity index (χ0n) is 11.7. The van der Waals surface area contributed by atoms with Crippen LogP contribution in [0.2, 0.25) is 0 Å². The molecule has 2 aromatic heterocycles. The van der Waals surface area contributed by atoms with E-state index in [0.717, 1.165) is 12.1 Å². The second-order valence-corrected chi connectivity index (χ2v) is 5.36. The van der Waals surface area contributed by atoms with Crippen LogP contribution in [-0.2, 0) is 0 Å². The van der Waals surface area contributed by atoms with Crippen molar-refractivity contribution in [3.8, 4) is 0 Å². The summed E-state index contributed by atoms with van der Waals surface area (Å²) in [5, 5.41) is 3.64. The summed E-state index contributed by atoms with van der Waals surface area (Å²) in [6.07, 6.45) is 15.7. The second kappa shape index (κ2) is 4.74. The first-order valence-electron chi connectivity index (χ1n) is 7.23. The predicted octanol–water partition coefficient (Wildman–Crippen LogP) is 2.81. The molecule has 0 bridgehead atoms. The van der Waals surface area contributed by atoms with E-state index in [9.17, 15) is 0 Å². The molecule has 0 fully saturated rings. The van der Waals surface area contributed by atoms with Gasteiger partial charge in [-0.15, -0.1) is 0 Å². The Bertz CT molecular complexity index is 989. The maximum atomic E-state index is 4.58. The number of hydrogen-bond acceptors (Lipinski definition) is 1. The number of rotatable bonds is 2. The van der Waals surface area contributed by atoms with Crippen LogP contribution in [0.1, 0.15) is 6.42 Å². The van der Waals surface area contributed by atoms with E-state index < -0.39 is 0 Å². The summed E-state index contributed by atoms with van der Waals surface area (Å²) in [7, 11) is 0. The van der Waals surface area contributed by atoms with E-state index in [1.54, 1.807) is 0 Å². The van der Waals surface area contributed by atoms with E-state index in [1.165, 1.54) is 21.3 Å². The molecule has 0 saturated heterocycles. The van der Waals surface area contributed by atoms with Crippen molar-refractivity contribution in [1.29, 1.82) is 0 Å². The lowest BCUT2D eigenvalue weighted by Crippen LogP contribution is -2.30. The van der Waals surface area contributed by atoms with Crippen LogP contribution in [-0.4, -0.2) is 9.38 Å². The van der Waals surface area contributed by atoms with Crippen molar-refractivity contribution in [2.75, 3.05) is 0 Å². The maximum absolute atomic E-state index is 4.58. The maximum Gasteiger partial charge on any atom is 0.144 e. The molecule has 0 saturated carbocycles. The molecule has 0 spiro atoms. The summed E-state index contributed by atoms with van der Waals surface area (Å²) in [4.78, 5) is 4.58. The van der Waals surface area contributed by atoms with Crippen LogP contribution >= 0.6 is 0 Å². The monoisotopic (exact) mass is 272 g/mol. The molecule has 2 heterocycles. The first-order valence-corrected chi connectivity index (χ1v) is 7.23. The van der Waals surface area contributed by atoms with Gasteiger partial charge in [0, 0.05) is 23.0 Å². The third kappa shape index (κ3) is 1.83. The van der Waals surface area contributed by atoms with Crippen molar-refractivity contribution in [2.45, 2.75) is 6.42 Å². The summed E-state index contributed by atoms with van der Waals surface area (Å²) in [6, 6.07) is 8.45. The van der Waals surface area contributed by atoms with Gasteiger partial charge in [-0.2, -0.15) is 0 Å². The van der Waals surface area contributed by atoms with Crippen molar-refractivity contribution in [3.05, 3.63) is 71.9 Å². The highest BCUT2D eigenvalue weighted by molar-refractivity contribution is 5.84. The Hall–Kier alpha value is -2.61. The van der Waals surface area contributed by atoms with Gasteiger partial charge in [-0.05, 0) is 23.6 Å².